The Kier molecular flexibility index (Phi) is 10.1. The van der Waals surface area contributed by atoms with E-state index in [4.69, 9.17) is 9.47 Å². The third-order valence-corrected chi connectivity index (χ3v) is 13.3. The molecule has 0 aromatic heterocycles. The first kappa shape index (κ1) is 26.3. The predicted octanol–water partition coefficient (Wildman–Crippen LogP) is 7.50. The first-order chi connectivity index (χ1) is 15.2. The third kappa shape index (κ3) is 6.29. The van der Waals surface area contributed by atoms with Crippen molar-refractivity contribution in [3.05, 3.63) is 41.5 Å². The number of hydrogen-bond donors (Lipinski definition) is 0. The van der Waals surface area contributed by atoms with Crippen LogP contribution in [0.25, 0.3) is 0 Å². The molecule has 0 amide bonds. The molecule has 0 radical (unpaired) electrons. The second-order valence-electron chi connectivity index (χ2n) is 9.88. The fourth-order valence-corrected chi connectivity index (χ4v) is 10.5. The Morgan fingerprint density at radius 2 is 1.75 bits per heavy atom. The molecular formula is C28H42O3Si. The summed E-state index contributed by atoms with van der Waals surface area (Å²) in [7, 11) is -0.185. The summed E-state index contributed by atoms with van der Waals surface area (Å²) in [6.45, 7) is 14.0. The zero-order valence-corrected chi connectivity index (χ0v) is 22.2. The van der Waals surface area contributed by atoms with Crippen molar-refractivity contribution < 1.29 is 14.3 Å². The molecule has 0 aliphatic carbocycles. The summed E-state index contributed by atoms with van der Waals surface area (Å²) in [4.78, 5) is 13.2. The van der Waals surface area contributed by atoms with E-state index in [0.717, 1.165) is 31.2 Å². The van der Waals surface area contributed by atoms with Gasteiger partial charge in [0.25, 0.3) is 0 Å². The lowest BCUT2D eigenvalue weighted by molar-refractivity contribution is 0.0284. The van der Waals surface area contributed by atoms with Gasteiger partial charge >= 0.3 is 5.97 Å². The molecule has 1 aromatic rings. The van der Waals surface area contributed by atoms with Gasteiger partial charge in [-0.1, -0.05) is 65.8 Å². The molecular weight excluding hydrogens is 412 g/mol. The zero-order chi connectivity index (χ0) is 23.7. The van der Waals surface area contributed by atoms with Crippen LogP contribution in [0.4, 0.5) is 0 Å². The van der Waals surface area contributed by atoms with Crippen LogP contribution in [0.5, 0.6) is 5.75 Å². The van der Waals surface area contributed by atoms with Crippen molar-refractivity contribution >= 4 is 14.0 Å². The molecule has 1 aliphatic rings. The van der Waals surface area contributed by atoms with Crippen LogP contribution >= 0.6 is 0 Å². The zero-order valence-electron chi connectivity index (χ0n) is 21.2. The molecule has 1 aromatic carbocycles. The van der Waals surface area contributed by atoms with E-state index in [1.54, 1.807) is 7.11 Å². The predicted molar refractivity (Wildman–Crippen MR) is 137 cm³/mol. The van der Waals surface area contributed by atoms with Crippen LogP contribution in [0, 0.1) is 11.5 Å². The molecule has 1 heterocycles. The molecule has 32 heavy (non-hydrogen) atoms. The van der Waals surface area contributed by atoms with Gasteiger partial charge in [-0.05, 0) is 60.4 Å². The Hall–Kier alpha value is -1.99. The Labute approximate surface area is 197 Å². The van der Waals surface area contributed by atoms with Crippen molar-refractivity contribution in [2.75, 3.05) is 7.11 Å². The second-order valence-corrected chi connectivity index (χ2v) is 15.5. The number of fused-ring (bicyclic) bond motifs is 1. The highest BCUT2D eigenvalue weighted by molar-refractivity contribution is 6.90. The Morgan fingerprint density at radius 3 is 2.38 bits per heavy atom. The molecule has 0 spiro atoms. The van der Waals surface area contributed by atoms with Crippen LogP contribution in [-0.4, -0.2) is 27.3 Å². The van der Waals surface area contributed by atoms with Gasteiger partial charge in [0, 0.05) is 6.42 Å². The number of esters is 1. The fourth-order valence-electron chi connectivity index (χ4n) is 5.27. The Morgan fingerprint density at radius 1 is 1.06 bits per heavy atom. The normalized spacial score (nSPS) is 18.8. The van der Waals surface area contributed by atoms with Crippen molar-refractivity contribution in [3.8, 4) is 17.2 Å². The molecule has 0 saturated heterocycles. The van der Waals surface area contributed by atoms with E-state index in [9.17, 15) is 4.79 Å². The minimum absolute atomic E-state index is 0.186. The van der Waals surface area contributed by atoms with Gasteiger partial charge in [-0.2, -0.15) is 0 Å². The van der Waals surface area contributed by atoms with Gasteiger partial charge < -0.3 is 9.47 Å². The smallest absolute Gasteiger partial charge is 0.342 e. The quantitative estimate of drug-likeness (QED) is 0.200. The number of allylic oxidation sites excluding steroid dienone is 2. The van der Waals surface area contributed by atoms with Crippen molar-refractivity contribution in [1.29, 1.82) is 0 Å². The fraction of sp³-hybridized carbons (Fsp3) is 0.607. The van der Waals surface area contributed by atoms with Crippen LogP contribution in [0.1, 0.15) is 89.6 Å². The molecule has 176 valence electrons. The van der Waals surface area contributed by atoms with Crippen LogP contribution in [-0.2, 0) is 11.2 Å². The molecule has 2 rings (SSSR count). The average Bonchev–Trinajstić information content (AvgIpc) is 2.73. The van der Waals surface area contributed by atoms with Gasteiger partial charge in [0.15, 0.2) is 0 Å². The van der Waals surface area contributed by atoms with Crippen LogP contribution < -0.4 is 4.74 Å². The van der Waals surface area contributed by atoms with Crippen LogP contribution in [0.15, 0.2) is 30.4 Å². The van der Waals surface area contributed by atoms with E-state index in [2.05, 4.69) is 65.2 Å². The third-order valence-electron chi connectivity index (χ3n) is 6.96. The van der Waals surface area contributed by atoms with Gasteiger partial charge in [-0.15, -0.1) is 11.5 Å². The maximum atomic E-state index is 13.2. The van der Waals surface area contributed by atoms with Gasteiger partial charge in [-0.25, -0.2) is 4.79 Å². The van der Waals surface area contributed by atoms with E-state index < -0.39 is 8.07 Å². The molecule has 4 heteroatoms. The number of ether oxygens (including phenoxy) is 2. The van der Waals surface area contributed by atoms with Gasteiger partial charge in [0.05, 0.1) is 7.11 Å². The topological polar surface area (TPSA) is 35.5 Å². The Balaban J connectivity index is 2.32. The summed E-state index contributed by atoms with van der Waals surface area (Å²) in [5, 5.41) is 0. The van der Waals surface area contributed by atoms with Crippen molar-refractivity contribution in [3.63, 3.8) is 0 Å². The molecule has 0 fully saturated rings. The summed E-state index contributed by atoms with van der Waals surface area (Å²) in [6, 6.07) is 5.75. The van der Waals surface area contributed by atoms with E-state index >= 15 is 0 Å². The number of benzene rings is 1. The lowest BCUT2D eigenvalue weighted by Gasteiger charge is -2.38. The van der Waals surface area contributed by atoms with E-state index in [1.165, 1.54) is 0 Å². The van der Waals surface area contributed by atoms with Crippen LogP contribution in [0.3, 0.4) is 0 Å². The van der Waals surface area contributed by atoms with Gasteiger partial charge in [-0.3, -0.25) is 0 Å². The van der Waals surface area contributed by atoms with Gasteiger partial charge in [0.2, 0.25) is 0 Å². The largest absolute Gasteiger partial charge is 0.496 e. The van der Waals surface area contributed by atoms with E-state index in [0.29, 0.717) is 40.8 Å². The van der Waals surface area contributed by atoms with Crippen molar-refractivity contribution in [2.45, 2.75) is 103 Å². The first-order valence-corrected chi connectivity index (χ1v) is 14.5. The van der Waals surface area contributed by atoms with Gasteiger partial charge in [0.1, 0.15) is 25.5 Å². The van der Waals surface area contributed by atoms with Crippen molar-refractivity contribution in [2.24, 2.45) is 0 Å². The van der Waals surface area contributed by atoms with E-state index in [-0.39, 0.29) is 12.1 Å². The highest BCUT2D eigenvalue weighted by Gasteiger charge is 2.41. The maximum absolute atomic E-state index is 13.2. The maximum Gasteiger partial charge on any atom is 0.342 e. The minimum atomic E-state index is -1.79. The number of methoxy groups -OCH3 is 1. The SMILES string of the molecule is COc1cccc2c1C(=O)O[C@@H](CC#C[Si](C(C)C)(C(C)C)C(C)C)CCCC/C=C\C2. The Bertz CT molecular complexity index is 820. The molecule has 0 saturated carbocycles. The molecule has 3 nitrogen and oxygen atoms in total. The second kappa shape index (κ2) is 12.3. The molecule has 1 atom stereocenters. The van der Waals surface area contributed by atoms with Crippen LogP contribution in [0.2, 0.25) is 16.6 Å². The highest BCUT2D eigenvalue weighted by Crippen LogP contribution is 2.40. The summed E-state index contributed by atoms with van der Waals surface area (Å²) < 4.78 is 11.6. The minimum Gasteiger partial charge on any atom is -0.496 e. The lowest BCUT2D eigenvalue weighted by atomic mass is 10.0. The average molecular weight is 455 g/mol. The number of hydrogen-bond acceptors (Lipinski definition) is 3. The summed E-state index contributed by atoms with van der Waals surface area (Å²) in [6.07, 6.45) is 9.52. The first-order valence-electron chi connectivity index (χ1n) is 12.3. The monoisotopic (exact) mass is 454 g/mol. The molecule has 1 aliphatic heterocycles. The highest BCUT2D eigenvalue weighted by atomic mass is 28.3. The lowest BCUT2D eigenvalue weighted by Crippen LogP contribution is -2.43. The standard InChI is InChI=1S/C28H42O3Si/c1-21(2)32(22(3)4,23(5)6)20-14-18-25-17-12-10-8-9-11-15-24-16-13-19-26(30-7)27(24)28(29)31-25/h9,11,13,16,19,21-23,25H,8,10,12,15,17-18H2,1-7H3/b11-9-/t25-/m1/s1. The summed E-state index contributed by atoms with van der Waals surface area (Å²) >= 11 is 0. The summed E-state index contributed by atoms with van der Waals surface area (Å²) in [5.74, 6) is 3.80. The number of rotatable bonds is 5. The summed E-state index contributed by atoms with van der Waals surface area (Å²) in [5.41, 5.74) is 7.06. The number of carbonyl (C=O) groups is 1. The molecule has 0 unspecified atom stereocenters. The number of cyclic esters (lactones) is 1. The van der Waals surface area contributed by atoms with E-state index in [1.807, 2.05) is 18.2 Å². The van der Waals surface area contributed by atoms with Crippen molar-refractivity contribution in [1.82, 2.24) is 0 Å². The molecule has 0 bridgehead atoms. The number of carbonyl (C=O) groups excluding carboxylic acids is 1. The molecule has 0 N–H and O–H groups in total.